The lowest BCUT2D eigenvalue weighted by molar-refractivity contribution is 0.349. The quantitative estimate of drug-likeness (QED) is 0.434. The summed E-state index contributed by atoms with van der Waals surface area (Å²) in [6.07, 6.45) is 1.87. The van der Waals surface area contributed by atoms with E-state index in [1.807, 2.05) is 36.4 Å². The van der Waals surface area contributed by atoms with E-state index in [-0.39, 0.29) is 22.7 Å². The molecule has 3 rings (SSSR count). The molecule has 2 atom stereocenters. The van der Waals surface area contributed by atoms with Crippen LogP contribution in [0.2, 0.25) is 0 Å². The molecule has 0 saturated carbocycles. The van der Waals surface area contributed by atoms with Crippen LogP contribution in [0.4, 0.5) is 0 Å². The summed E-state index contributed by atoms with van der Waals surface area (Å²) in [5.74, 6) is 1.45. The fourth-order valence-corrected chi connectivity index (χ4v) is 4.38. The molecular formula is C26H30O3. The highest BCUT2D eigenvalue weighted by Crippen LogP contribution is 2.42. The van der Waals surface area contributed by atoms with E-state index >= 15 is 0 Å². The maximum absolute atomic E-state index is 9.75. The summed E-state index contributed by atoms with van der Waals surface area (Å²) in [7, 11) is 0. The number of phenols is 3. The van der Waals surface area contributed by atoms with Crippen LogP contribution in [-0.4, -0.2) is 15.3 Å². The summed E-state index contributed by atoms with van der Waals surface area (Å²) in [6, 6.07) is 22.4. The van der Waals surface area contributed by atoms with Gasteiger partial charge in [-0.2, -0.15) is 0 Å². The highest BCUT2D eigenvalue weighted by atomic mass is 16.3. The number of hydrogen-bond acceptors (Lipinski definition) is 3. The SMILES string of the molecule is CC(CC(C)(CC(C)c1ccc(O)cc1)c1ccc(O)cc1)c1ccc(O)cc1. The van der Waals surface area contributed by atoms with E-state index in [4.69, 9.17) is 0 Å². The van der Waals surface area contributed by atoms with Crippen molar-refractivity contribution in [2.24, 2.45) is 0 Å². The monoisotopic (exact) mass is 390 g/mol. The van der Waals surface area contributed by atoms with Crippen molar-refractivity contribution in [3.63, 3.8) is 0 Å². The Kier molecular flexibility index (Phi) is 6.17. The van der Waals surface area contributed by atoms with Crippen molar-refractivity contribution in [1.29, 1.82) is 0 Å². The van der Waals surface area contributed by atoms with Crippen LogP contribution in [0.15, 0.2) is 72.8 Å². The van der Waals surface area contributed by atoms with Crippen LogP contribution in [0.25, 0.3) is 0 Å². The zero-order valence-corrected chi connectivity index (χ0v) is 17.3. The Balaban J connectivity index is 1.89. The number of aromatic hydroxyl groups is 3. The van der Waals surface area contributed by atoms with Gasteiger partial charge in [0.1, 0.15) is 17.2 Å². The Hall–Kier alpha value is -2.94. The van der Waals surface area contributed by atoms with Gasteiger partial charge < -0.3 is 15.3 Å². The summed E-state index contributed by atoms with van der Waals surface area (Å²) >= 11 is 0. The van der Waals surface area contributed by atoms with E-state index in [1.165, 1.54) is 16.7 Å². The summed E-state index contributed by atoms with van der Waals surface area (Å²) in [4.78, 5) is 0. The smallest absolute Gasteiger partial charge is 0.115 e. The summed E-state index contributed by atoms with van der Waals surface area (Å²) in [5.41, 5.74) is 3.49. The molecule has 0 aliphatic rings. The third-order valence-corrected chi connectivity index (χ3v) is 6.00. The fourth-order valence-electron chi connectivity index (χ4n) is 4.38. The number of rotatable bonds is 7. The van der Waals surface area contributed by atoms with E-state index in [0.717, 1.165) is 12.8 Å². The first-order chi connectivity index (χ1) is 13.8. The molecule has 0 fully saturated rings. The maximum atomic E-state index is 9.75. The first-order valence-electron chi connectivity index (χ1n) is 10.1. The highest BCUT2D eigenvalue weighted by Gasteiger charge is 2.31. The van der Waals surface area contributed by atoms with E-state index in [2.05, 4.69) is 20.8 Å². The molecule has 0 aliphatic carbocycles. The minimum Gasteiger partial charge on any atom is -0.508 e. The fraction of sp³-hybridized carbons (Fsp3) is 0.308. The average molecular weight is 391 g/mol. The van der Waals surface area contributed by atoms with Crippen LogP contribution in [0, 0.1) is 0 Å². The van der Waals surface area contributed by atoms with Crippen LogP contribution < -0.4 is 0 Å². The van der Waals surface area contributed by atoms with Gasteiger partial charge >= 0.3 is 0 Å². The van der Waals surface area contributed by atoms with E-state index in [0.29, 0.717) is 11.8 Å². The highest BCUT2D eigenvalue weighted by molar-refractivity contribution is 5.35. The van der Waals surface area contributed by atoms with Crippen LogP contribution >= 0.6 is 0 Å². The van der Waals surface area contributed by atoms with Gasteiger partial charge in [0.05, 0.1) is 0 Å². The van der Waals surface area contributed by atoms with Gasteiger partial charge in [-0.05, 0) is 83.2 Å². The molecule has 3 heteroatoms. The molecule has 0 bridgehead atoms. The lowest BCUT2D eigenvalue weighted by atomic mass is 9.68. The molecular weight excluding hydrogens is 360 g/mol. The largest absolute Gasteiger partial charge is 0.508 e. The molecule has 152 valence electrons. The van der Waals surface area contributed by atoms with Crippen molar-refractivity contribution in [1.82, 2.24) is 0 Å². The Morgan fingerprint density at radius 1 is 0.586 bits per heavy atom. The maximum Gasteiger partial charge on any atom is 0.115 e. The van der Waals surface area contributed by atoms with E-state index in [9.17, 15) is 15.3 Å². The van der Waals surface area contributed by atoms with Gasteiger partial charge in [-0.25, -0.2) is 0 Å². The zero-order chi connectivity index (χ0) is 21.0. The molecule has 29 heavy (non-hydrogen) atoms. The van der Waals surface area contributed by atoms with Gasteiger partial charge in [-0.1, -0.05) is 57.2 Å². The van der Waals surface area contributed by atoms with Crippen LogP contribution in [-0.2, 0) is 5.41 Å². The molecule has 0 saturated heterocycles. The standard InChI is InChI=1S/C26H30O3/c1-18(20-4-10-23(27)11-5-20)16-26(3,22-8-14-25(29)15-9-22)17-19(2)21-6-12-24(28)13-7-21/h4-15,18-19,27-29H,16-17H2,1-3H3. The Labute approximate surface area is 173 Å². The topological polar surface area (TPSA) is 60.7 Å². The molecule has 2 unspecified atom stereocenters. The molecule has 3 aromatic rings. The van der Waals surface area contributed by atoms with E-state index < -0.39 is 0 Å². The van der Waals surface area contributed by atoms with Crippen molar-refractivity contribution in [2.45, 2.75) is 50.9 Å². The zero-order valence-electron chi connectivity index (χ0n) is 17.3. The molecule has 0 heterocycles. The van der Waals surface area contributed by atoms with Crippen molar-refractivity contribution < 1.29 is 15.3 Å². The third-order valence-electron chi connectivity index (χ3n) is 6.00. The normalized spacial score (nSPS) is 15.4. The van der Waals surface area contributed by atoms with Crippen molar-refractivity contribution in [3.8, 4) is 17.2 Å². The number of phenolic OH excluding ortho intramolecular Hbond substituents is 3. The minimum atomic E-state index is -0.109. The van der Waals surface area contributed by atoms with Crippen molar-refractivity contribution in [3.05, 3.63) is 89.5 Å². The number of hydrogen-bond donors (Lipinski definition) is 3. The van der Waals surface area contributed by atoms with Crippen LogP contribution in [0.3, 0.4) is 0 Å². The first-order valence-corrected chi connectivity index (χ1v) is 10.1. The summed E-state index contributed by atoms with van der Waals surface area (Å²) in [6.45, 7) is 6.72. The molecule has 0 amide bonds. The predicted molar refractivity (Wildman–Crippen MR) is 118 cm³/mol. The first kappa shape index (κ1) is 20.8. The second-order valence-corrected chi connectivity index (χ2v) is 8.50. The van der Waals surface area contributed by atoms with Gasteiger partial charge in [0, 0.05) is 0 Å². The molecule has 0 spiro atoms. The number of benzene rings is 3. The van der Waals surface area contributed by atoms with Gasteiger partial charge in [0.2, 0.25) is 0 Å². The second-order valence-electron chi connectivity index (χ2n) is 8.50. The Morgan fingerprint density at radius 2 is 0.897 bits per heavy atom. The van der Waals surface area contributed by atoms with Crippen LogP contribution in [0.1, 0.15) is 62.1 Å². The molecule has 3 aromatic carbocycles. The third kappa shape index (κ3) is 5.11. The van der Waals surface area contributed by atoms with E-state index in [1.54, 1.807) is 36.4 Å². The lowest BCUT2D eigenvalue weighted by Gasteiger charge is -2.36. The van der Waals surface area contributed by atoms with Gasteiger partial charge in [0.15, 0.2) is 0 Å². The molecule has 0 radical (unpaired) electrons. The second kappa shape index (κ2) is 8.60. The lowest BCUT2D eigenvalue weighted by Crippen LogP contribution is -2.26. The Morgan fingerprint density at radius 3 is 1.24 bits per heavy atom. The van der Waals surface area contributed by atoms with Gasteiger partial charge in [-0.15, -0.1) is 0 Å². The van der Waals surface area contributed by atoms with Gasteiger partial charge in [-0.3, -0.25) is 0 Å². The molecule has 3 N–H and O–H groups in total. The predicted octanol–water partition coefficient (Wildman–Crippen LogP) is 6.45. The van der Waals surface area contributed by atoms with Crippen molar-refractivity contribution in [2.75, 3.05) is 0 Å². The molecule has 0 aliphatic heterocycles. The minimum absolute atomic E-state index is 0.109. The average Bonchev–Trinajstić information content (AvgIpc) is 2.69. The summed E-state index contributed by atoms with van der Waals surface area (Å²) in [5, 5.41) is 28.9. The van der Waals surface area contributed by atoms with Crippen LogP contribution in [0.5, 0.6) is 17.2 Å². The Bertz CT molecular complexity index is 858. The molecule has 3 nitrogen and oxygen atoms in total. The molecule has 0 aromatic heterocycles. The van der Waals surface area contributed by atoms with Gasteiger partial charge in [0.25, 0.3) is 0 Å². The summed E-state index contributed by atoms with van der Waals surface area (Å²) < 4.78 is 0. The van der Waals surface area contributed by atoms with Crippen molar-refractivity contribution >= 4 is 0 Å².